The summed E-state index contributed by atoms with van der Waals surface area (Å²) >= 11 is 0. The lowest BCUT2D eigenvalue weighted by molar-refractivity contribution is 0.769. The fourth-order valence-electron chi connectivity index (χ4n) is 9.27. The highest BCUT2D eigenvalue weighted by atomic mass is 14.5. The summed E-state index contributed by atoms with van der Waals surface area (Å²) in [6.07, 6.45) is 0. The minimum atomic E-state index is -0.470. The summed E-state index contributed by atoms with van der Waals surface area (Å²) in [6, 6.07) is 72.4. The van der Waals surface area contributed by atoms with Crippen LogP contribution in [0, 0.1) is 0 Å². The first-order valence-corrected chi connectivity index (χ1v) is 17.8. The van der Waals surface area contributed by atoms with E-state index in [1.54, 1.807) is 0 Å². The zero-order chi connectivity index (χ0) is 33.5. The lowest BCUT2D eigenvalue weighted by Crippen LogP contribution is -2.28. The Morgan fingerprint density at radius 2 is 0.843 bits per heavy atom. The maximum Gasteiger partial charge on any atom is 0.0713 e. The predicted octanol–water partition coefficient (Wildman–Crippen LogP) is 13.3. The molecule has 9 aromatic rings. The Bertz CT molecular complexity index is 2770. The molecule has 2 aliphatic rings. The van der Waals surface area contributed by atoms with Crippen LogP contribution in [0.3, 0.4) is 0 Å². The van der Waals surface area contributed by atoms with Gasteiger partial charge in [0, 0.05) is 0 Å². The zero-order valence-corrected chi connectivity index (χ0v) is 28.0. The highest BCUT2D eigenvalue weighted by Gasteiger charge is 2.46. The first-order valence-electron chi connectivity index (χ1n) is 17.8. The molecule has 0 heteroatoms. The monoisotopic (exact) mass is 644 g/mol. The summed E-state index contributed by atoms with van der Waals surface area (Å²) < 4.78 is 0. The molecular formula is C51H32. The molecule has 0 nitrogen and oxygen atoms in total. The quantitative estimate of drug-likeness (QED) is 0.179. The van der Waals surface area contributed by atoms with E-state index in [0.29, 0.717) is 0 Å². The Morgan fingerprint density at radius 1 is 0.275 bits per heavy atom. The first-order chi connectivity index (χ1) is 25.3. The summed E-state index contributed by atoms with van der Waals surface area (Å²) in [5, 5.41) is 5.19. The number of benzene rings is 9. The summed E-state index contributed by atoms with van der Waals surface area (Å²) in [5.41, 5.74) is 17.6. The molecule has 0 bridgehead atoms. The number of fused-ring (bicyclic) bond motifs is 7. The van der Waals surface area contributed by atoms with Crippen LogP contribution in [0.5, 0.6) is 0 Å². The molecular weight excluding hydrogens is 613 g/mol. The molecule has 0 heterocycles. The van der Waals surface area contributed by atoms with Crippen molar-refractivity contribution in [1.29, 1.82) is 0 Å². The second-order valence-electron chi connectivity index (χ2n) is 14.0. The van der Waals surface area contributed by atoms with Gasteiger partial charge in [-0.3, -0.25) is 0 Å². The number of rotatable bonds is 4. The average molecular weight is 645 g/mol. The molecule has 236 valence electrons. The lowest BCUT2D eigenvalue weighted by atomic mass is 9.67. The maximum absolute atomic E-state index is 2.47. The van der Waals surface area contributed by atoms with Gasteiger partial charge < -0.3 is 0 Å². The van der Waals surface area contributed by atoms with E-state index >= 15 is 0 Å². The number of hydrogen-bond donors (Lipinski definition) is 0. The third-order valence-corrected chi connectivity index (χ3v) is 11.5. The van der Waals surface area contributed by atoms with Crippen molar-refractivity contribution in [1.82, 2.24) is 0 Å². The van der Waals surface area contributed by atoms with Crippen molar-refractivity contribution in [2.75, 3.05) is 0 Å². The third kappa shape index (κ3) is 3.96. The summed E-state index contributed by atoms with van der Waals surface area (Å²) in [7, 11) is 0. The van der Waals surface area contributed by atoms with Crippen LogP contribution in [0.25, 0.3) is 77.2 Å². The van der Waals surface area contributed by atoms with Gasteiger partial charge in [-0.05, 0) is 118 Å². The minimum Gasteiger partial charge on any atom is -0.0622 e. The van der Waals surface area contributed by atoms with Crippen molar-refractivity contribution >= 4 is 21.5 Å². The van der Waals surface area contributed by atoms with Gasteiger partial charge in [-0.2, -0.15) is 0 Å². The number of hydrogen-bond acceptors (Lipinski definition) is 0. The van der Waals surface area contributed by atoms with Crippen molar-refractivity contribution in [3.8, 4) is 55.6 Å². The van der Waals surface area contributed by atoms with Crippen LogP contribution in [0.4, 0.5) is 0 Å². The van der Waals surface area contributed by atoms with Gasteiger partial charge in [0.05, 0.1) is 5.41 Å². The molecule has 2 aliphatic carbocycles. The van der Waals surface area contributed by atoms with Crippen molar-refractivity contribution in [3.63, 3.8) is 0 Å². The summed E-state index contributed by atoms with van der Waals surface area (Å²) in [4.78, 5) is 0. The second kappa shape index (κ2) is 10.7. The largest absolute Gasteiger partial charge is 0.0713 e. The Morgan fingerprint density at radius 3 is 1.61 bits per heavy atom. The van der Waals surface area contributed by atoms with Crippen LogP contribution in [0.2, 0.25) is 0 Å². The van der Waals surface area contributed by atoms with Gasteiger partial charge in [0.25, 0.3) is 0 Å². The molecule has 0 saturated heterocycles. The van der Waals surface area contributed by atoms with Crippen LogP contribution in [0.1, 0.15) is 22.3 Å². The molecule has 0 saturated carbocycles. The minimum absolute atomic E-state index is 0.470. The van der Waals surface area contributed by atoms with Crippen LogP contribution in [-0.4, -0.2) is 0 Å². The van der Waals surface area contributed by atoms with Gasteiger partial charge in [0.1, 0.15) is 0 Å². The summed E-state index contributed by atoms with van der Waals surface area (Å²) in [6.45, 7) is 0. The van der Waals surface area contributed by atoms with E-state index in [9.17, 15) is 0 Å². The van der Waals surface area contributed by atoms with E-state index in [2.05, 4.69) is 194 Å². The summed E-state index contributed by atoms with van der Waals surface area (Å²) in [5.74, 6) is 0. The average Bonchev–Trinajstić information content (AvgIpc) is 3.69. The molecule has 9 aromatic carbocycles. The van der Waals surface area contributed by atoms with E-state index < -0.39 is 5.41 Å². The maximum atomic E-state index is 2.47. The van der Waals surface area contributed by atoms with Crippen LogP contribution in [0.15, 0.2) is 194 Å². The molecule has 0 amide bonds. The molecule has 0 atom stereocenters. The van der Waals surface area contributed by atoms with Crippen molar-refractivity contribution < 1.29 is 0 Å². The molecule has 0 fully saturated rings. The fourth-order valence-corrected chi connectivity index (χ4v) is 9.27. The third-order valence-electron chi connectivity index (χ3n) is 11.5. The Kier molecular flexibility index (Phi) is 5.97. The Hall–Kier alpha value is -6.50. The molecule has 51 heavy (non-hydrogen) atoms. The lowest BCUT2D eigenvalue weighted by Gasteiger charge is -2.34. The molecule has 11 rings (SSSR count). The zero-order valence-electron chi connectivity index (χ0n) is 28.0. The normalized spacial score (nSPS) is 13.3. The highest BCUT2D eigenvalue weighted by molar-refractivity contribution is 6.18. The van der Waals surface area contributed by atoms with Crippen LogP contribution in [-0.2, 0) is 5.41 Å². The van der Waals surface area contributed by atoms with E-state index in [1.165, 1.54) is 99.4 Å². The van der Waals surface area contributed by atoms with E-state index in [1.807, 2.05) is 0 Å². The van der Waals surface area contributed by atoms with Gasteiger partial charge in [-0.25, -0.2) is 0 Å². The van der Waals surface area contributed by atoms with Gasteiger partial charge in [-0.1, -0.05) is 176 Å². The van der Waals surface area contributed by atoms with Gasteiger partial charge in [0.2, 0.25) is 0 Å². The van der Waals surface area contributed by atoms with Gasteiger partial charge in [0.15, 0.2) is 0 Å². The van der Waals surface area contributed by atoms with E-state index in [-0.39, 0.29) is 0 Å². The smallest absolute Gasteiger partial charge is 0.0622 e. The van der Waals surface area contributed by atoms with Crippen molar-refractivity contribution in [2.45, 2.75) is 5.41 Å². The second-order valence-corrected chi connectivity index (χ2v) is 14.0. The fraction of sp³-hybridized carbons (Fsp3) is 0.0196. The SMILES string of the molecule is c1ccc(C2(c3ccccc3)c3ccc(-c4ccc5c6c(cccc46)-c4ccccc4-5)cc3-c3ccc(-c4ccc5ccccc5c4)cc32)cc1. The van der Waals surface area contributed by atoms with Gasteiger partial charge >= 0.3 is 0 Å². The molecule has 0 N–H and O–H groups in total. The predicted molar refractivity (Wildman–Crippen MR) is 214 cm³/mol. The Balaban J connectivity index is 1.17. The van der Waals surface area contributed by atoms with E-state index in [0.717, 1.165) is 0 Å². The molecule has 0 radical (unpaired) electrons. The standard InChI is InChI=1S/C51H32/c1-3-14-38(15-4-1)51(39-16-5-2-6-17-39)48-29-25-37(40-27-28-46-42-19-10-9-18-41(42)45-21-11-20-44(40)50(45)46)31-47(48)43-26-24-36(32-49(43)51)35-23-22-33-12-7-8-13-34(33)30-35/h1-32H. The topological polar surface area (TPSA) is 0 Å². The Labute approximate surface area is 297 Å². The van der Waals surface area contributed by atoms with Crippen molar-refractivity contribution in [3.05, 3.63) is 216 Å². The molecule has 0 unspecified atom stereocenters. The van der Waals surface area contributed by atoms with Crippen LogP contribution >= 0.6 is 0 Å². The molecule has 0 spiro atoms. The first kappa shape index (κ1) is 28.3. The van der Waals surface area contributed by atoms with Crippen LogP contribution < -0.4 is 0 Å². The molecule has 0 aliphatic heterocycles. The molecule has 0 aromatic heterocycles. The van der Waals surface area contributed by atoms with Gasteiger partial charge in [-0.15, -0.1) is 0 Å². The highest BCUT2D eigenvalue weighted by Crippen LogP contribution is 2.58. The van der Waals surface area contributed by atoms with Crippen molar-refractivity contribution in [2.24, 2.45) is 0 Å². The van der Waals surface area contributed by atoms with E-state index in [4.69, 9.17) is 0 Å².